The summed E-state index contributed by atoms with van der Waals surface area (Å²) in [5, 5.41) is 3.22. The van der Waals surface area contributed by atoms with Gasteiger partial charge in [-0.2, -0.15) is 0 Å². The Kier molecular flexibility index (Phi) is 14.2. The smallest absolute Gasteiger partial charge is 0.252 e. The van der Waals surface area contributed by atoms with Crippen LogP contribution in [-0.2, 0) is 27.1 Å². The van der Waals surface area contributed by atoms with Gasteiger partial charge in [0.05, 0.1) is 22.4 Å². The number of nitrogens with zero attached hydrogens (tertiary/aromatic N) is 3. The van der Waals surface area contributed by atoms with Crippen LogP contribution in [0.5, 0.6) is 0 Å². The minimum absolute atomic E-state index is 0.0393. The van der Waals surface area contributed by atoms with Crippen LogP contribution < -0.4 is 26.2 Å². The molecule has 0 bridgehead atoms. The fraction of sp³-hybridized carbons (Fsp3) is 0.233. The van der Waals surface area contributed by atoms with E-state index < -0.39 is 0 Å². The molecule has 0 N–H and O–H groups in total. The zero-order valence-corrected chi connectivity index (χ0v) is 56.5. The second-order valence-electron chi connectivity index (χ2n) is 30.8. The normalized spacial score (nSPS) is 13.4. The molecule has 14 rings (SSSR count). The summed E-state index contributed by atoms with van der Waals surface area (Å²) in [7, 11) is 0. The first kappa shape index (κ1) is 59.8. The zero-order valence-electron chi connectivity index (χ0n) is 55.7. The molecule has 0 radical (unpaired) electrons. The third kappa shape index (κ3) is 10.4. The van der Waals surface area contributed by atoms with Gasteiger partial charge in [-0.25, -0.2) is 0 Å². The molecule has 12 aromatic rings. The highest BCUT2D eigenvalue weighted by atomic mass is 35.5. The lowest BCUT2D eigenvalue weighted by atomic mass is 9.33. The van der Waals surface area contributed by atoms with E-state index in [2.05, 4.69) is 349 Å². The largest absolute Gasteiger partial charge is 0.310 e. The molecule has 0 aliphatic carbocycles. The highest BCUT2D eigenvalue weighted by Crippen LogP contribution is 2.55. The van der Waals surface area contributed by atoms with Crippen molar-refractivity contribution < 1.29 is 0 Å². The Hall–Kier alpha value is -8.83. The Bertz CT molecular complexity index is 4640. The molecule has 0 spiro atoms. The van der Waals surface area contributed by atoms with Gasteiger partial charge < -0.3 is 14.4 Å². The van der Waals surface area contributed by atoms with Gasteiger partial charge in [0.2, 0.25) is 0 Å². The average Bonchev–Trinajstić information content (AvgIpc) is 0.806. The van der Waals surface area contributed by atoms with Gasteiger partial charge in [-0.3, -0.25) is 0 Å². The van der Waals surface area contributed by atoms with Gasteiger partial charge in [0, 0.05) is 66.5 Å². The van der Waals surface area contributed by atoms with Crippen LogP contribution in [0, 0.1) is 0 Å². The Balaban J connectivity index is 1.17. The first-order chi connectivity index (χ1) is 43.2. The van der Waals surface area contributed by atoms with E-state index in [4.69, 9.17) is 11.6 Å². The van der Waals surface area contributed by atoms with Crippen molar-refractivity contribution in [1.29, 1.82) is 0 Å². The van der Waals surface area contributed by atoms with Gasteiger partial charge in [0.15, 0.2) is 0 Å². The summed E-state index contributed by atoms with van der Waals surface area (Å²) in [6, 6.07) is 87.9. The molecule has 0 saturated carbocycles. The number of benzene rings is 11. The van der Waals surface area contributed by atoms with E-state index in [1.807, 2.05) is 0 Å². The minimum Gasteiger partial charge on any atom is -0.310 e. The molecule has 0 saturated heterocycles. The lowest BCUT2D eigenvalue weighted by Gasteiger charge is -2.46. The van der Waals surface area contributed by atoms with Crippen LogP contribution in [0.4, 0.5) is 34.1 Å². The molecule has 452 valence electrons. The molecule has 0 unspecified atom stereocenters. The first-order valence-electron chi connectivity index (χ1n) is 32.6. The molecule has 5 heteroatoms. The molecule has 0 amide bonds. The van der Waals surface area contributed by atoms with Crippen LogP contribution in [0.2, 0.25) is 5.02 Å². The fourth-order valence-electron chi connectivity index (χ4n) is 14.2. The van der Waals surface area contributed by atoms with Gasteiger partial charge in [-0.1, -0.05) is 261 Å². The summed E-state index contributed by atoms with van der Waals surface area (Å²) in [6.45, 7) is 34.9. The van der Waals surface area contributed by atoms with Gasteiger partial charge in [-0.15, -0.1) is 0 Å². The van der Waals surface area contributed by atoms with E-state index in [0.717, 1.165) is 73.2 Å². The number of rotatable bonds is 7. The second kappa shape index (κ2) is 21.7. The van der Waals surface area contributed by atoms with Crippen LogP contribution in [0.25, 0.3) is 72.0 Å². The maximum Gasteiger partial charge on any atom is 0.252 e. The predicted octanol–water partition coefficient (Wildman–Crippen LogP) is 22.7. The predicted molar refractivity (Wildman–Crippen MR) is 395 cm³/mol. The van der Waals surface area contributed by atoms with Crippen LogP contribution >= 0.6 is 11.6 Å². The van der Waals surface area contributed by atoms with Crippen molar-refractivity contribution in [2.45, 2.75) is 131 Å². The fourth-order valence-corrected chi connectivity index (χ4v) is 14.4. The third-order valence-corrected chi connectivity index (χ3v) is 19.6. The molecular weight excluding hydrogens is 1120 g/mol. The minimum atomic E-state index is -0.295. The molecule has 3 nitrogen and oxygen atoms in total. The van der Waals surface area contributed by atoms with Crippen molar-refractivity contribution in [1.82, 2.24) is 4.57 Å². The van der Waals surface area contributed by atoms with Gasteiger partial charge in [0.1, 0.15) is 0 Å². The van der Waals surface area contributed by atoms with E-state index in [9.17, 15) is 0 Å². The van der Waals surface area contributed by atoms with E-state index >= 15 is 0 Å². The molecule has 11 aromatic carbocycles. The van der Waals surface area contributed by atoms with Crippen LogP contribution in [0.3, 0.4) is 0 Å². The van der Waals surface area contributed by atoms with Crippen molar-refractivity contribution >= 4 is 90.6 Å². The van der Waals surface area contributed by atoms with E-state index in [0.29, 0.717) is 5.02 Å². The van der Waals surface area contributed by atoms with Crippen LogP contribution in [0.15, 0.2) is 231 Å². The number of halogens is 1. The molecule has 2 aliphatic heterocycles. The average molecular weight is 1200 g/mol. The van der Waals surface area contributed by atoms with Crippen molar-refractivity contribution in [2.75, 3.05) is 9.80 Å². The summed E-state index contributed by atoms with van der Waals surface area (Å²) in [5.74, 6) is 0. The summed E-state index contributed by atoms with van der Waals surface area (Å²) < 4.78 is 2.54. The van der Waals surface area contributed by atoms with Crippen molar-refractivity contribution in [3.63, 3.8) is 0 Å². The van der Waals surface area contributed by atoms with E-state index in [-0.39, 0.29) is 33.8 Å². The Morgan fingerprint density at radius 3 is 0.978 bits per heavy atom. The van der Waals surface area contributed by atoms with Crippen molar-refractivity contribution in [2.24, 2.45) is 0 Å². The number of fused-ring (bicyclic) bond motifs is 7. The van der Waals surface area contributed by atoms with Gasteiger partial charge in [0.25, 0.3) is 6.71 Å². The SMILES string of the molecule is CC(C)(C)c1cc(-c2ccccc2)c(N2c3cc(Cl)ccc3B3c4ccc(-n5c6ccc(C(C)(C)C)cc6c6cc(C(C)(C)C)ccc65)cc4N(c4c(-c5ccccc5)cc(C(C)(C)C)cc4-c4ccccc4)c4cc(C(C)(C)C)cc2c43)c(-c2ccccc2)c1. The molecular formula is C86H83BClN3. The Morgan fingerprint density at radius 1 is 0.297 bits per heavy atom. The van der Waals surface area contributed by atoms with Crippen molar-refractivity contribution in [3.05, 3.63) is 263 Å². The quantitative estimate of drug-likeness (QED) is 0.147. The van der Waals surface area contributed by atoms with Crippen molar-refractivity contribution in [3.8, 4) is 50.2 Å². The molecule has 1 aromatic heterocycles. The van der Waals surface area contributed by atoms with Crippen LogP contribution in [-0.4, -0.2) is 11.3 Å². The third-order valence-electron chi connectivity index (χ3n) is 19.4. The topological polar surface area (TPSA) is 11.4 Å². The lowest BCUT2D eigenvalue weighted by molar-refractivity contribution is 0.590. The summed E-state index contributed by atoms with van der Waals surface area (Å²) in [5.41, 5.74) is 28.9. The molecule has 91 heavy (non-hydrogen) atoms. The summed E-state index contributed by atoms with van der Waals surface area (Å²) in [4.78, 5) is 5.33. The highest BCUT2D eigenvalue weighted by molar-refractivity contribution is 7.00. The first-order valence-corrected chi connectivity index (χ1v) is 33.0. The Morgan fingerprint density at radius 2 is 0.626 bits per heavy atom. The molecule has 2 aliphatic rings. The molecule has 0 atom stereocenters. The lowest BCUT2D eigenvalue weighted by Crippen LogP contribution is -2.61. The number of aromatic nitrogens is 1. The van der Waals surface area contributed by atoms with Crippen LogP contribution in [0.1, 0.15) is 132 Å². The van der Waals surface area contributed by atoms with Gasteiger partial charge >= 0.3 is 0 Å². The zero-order chi connectivity index (χ0) is 63.8. The maximum atomic E-state index is 7.50. The standard InChI is InChI=1S/C86H83BClN3/c1-82(2,3)58-36-42-73-69(44-58)70-45-59(83(4,5)6)37-43-74(70)89(73)64-39-41-72-76(53-64)91(81-67(56-32-24-18-25-33-56)48-61(85(10,11)12)49-68(81)57-34-26-19-27-35-57)78-51-62(86(13,14)15)50-77-79(78)87(72)71-40-38-63(88)52-75(71)90(77)80-65(54-28-20-16-21-29-54)46-60(84(7,8)9)47-66(80)55-30-22-17-23-31-55/h16-53H,1-15H3. The monoisotopic (exact) mass is 1200 g/mol. The van der Waals surface area contributed by atoms with Gasteiger partial charge in [-0.05, 0) is 178 Å². The summed E-state index contributed by atoms with van der Waals surface area (Å²) >= 11 is 7.50. The number of anilines is 6. The number of hydrogen-bond donors (Lipinski definition) is 0. The van der Waals surface area contributed by atoms with E-state index in [1.54, 1.807) is 0 Å². The van der Waals surface area contributed by atoms with E-state index in [1.165, 1.54) is 77.1 Å². The highest BCUT2D eigenvalue weighted by Gasteiger charge is 2.46. The maximum absolute atomic E-state index is 7.50. The summed E-state index contributed by atoms with van der Waals surface area (Å²) in [6.07, 6.45) is 0. The second-order valence-corrected chi connectivity index (χ2v) is 31.3. The number of hydrogen-bond acceptors (Lipinski definition) is 2. The molecule has 0 fully saturated rings. The Labute approximate surface area is 546 Å². The molecule has 3 heterocycles.